The maximum Gasteiger partial charge on any atom is 0.0459 e. The third-order valence-electron chi connectivity index (χ3n) is 3.98. The number of rotatable bonds is 6. The molecule has 2 rings (SSSR count). The molecular formula is C16H25N3. The van der Waals surface area contributed by atoms with Gasteiger partial charge in [-0.1, -0.05) is 32.0 Å². The van der Waals surface area contributed by atoms with Gasteiger partial charge in [0.2, 0.25) is 0 Å². The van der Waals surface area contributed by atoms with Crippen molar-refractivity contribution in [3.8, 4) is 0 Å². The van der Waals surface area contributed by atoms with Crippen LogP contribution >= 0.6 is 0 Å². The quantitative estimate of drug-likeness (QED) is 0.747. The molecule has 0 bridgehead atoms. The largest absolute Gasteiger partial charge is 0.358 e. The van der Waals surface area contributed by atoms with Crippen LogP contribution in [-0.4, -0.2) is 18.1 Å². The molecule has 0 aliphatic rings. The van der Waals surface area contributed by atoms with Crippen molar-refractivity contribution in [2.75, 3.05) is 13.1 Å². The minimum absolute atomic E-state index is 0.547. The first-order valence-electron chi connectivity index (χ1n) is 7.10. The van der Waals surface area contributed by atoms with Crippen LogP contribution in [0.5, 0.6) is 0 Å². The van der Waals surface area contributed by atoms with Crippen molar-refractivity contribution in [3.63, 3.8) is 0 Å². The first-order chi connectivity index (χ1) is 9.13. The SMILES string of the molecule is Cc1[nH]c2ccccc2c1CNCC(CN)C(C)C. The van der Waals surface area contributed by atoms with Crippen LogP contribution in [-0.2, 0) is 6.54 Å². The van der Waals surface area contributed by atoms with Gasteiger partial charge in [-0.15, -0.1) is 0 Å². The van der Waals surface area contributed by atoms with Crippen molar-refractivity contribution >= 4 is 10.9 Å². The van der Waals surface area contributed by atoms with Gasteiger partial charge in [0, 0.05) is 23.1 Å². The number of nitrogens with one attached hydrogen (secondary N) is 2. The minimum atomic E-state index is 0.547. The fourth-order valence-corrected chi connectivity index (χ4v) is 2.54. The van der Waals surface area contributed by atoms with Crippen LogP contribution in [0, 0.1) is 18.8 Å². The van der Waals surface area contributed by atoms with Crippen molar-refractivity contribution < 1.29 is 0 Å². The van der Waals surface area contributed by atoms with E-state index in [1.54, 1.807) is 0 Å². The predicted molar refractivity (Wildman–Crippen MR) is 82.1 cm³/mol. The van der Waals surface area contributed by atoms with Crippen molar-refractivity contribution in [1.82, 2.24) is 10.3 Å². The molecule has 0 amide bonds. The van der Waals surface area contributed by atoms with Gasteiger partial charge in [-0.25, -0.2) is 0 Å². The van der Waals surface area contributed by atoms with E-state index in [4.69, 9.17) is 5.73 Å². The van der Waals surface area contributed by atoms with Gasteiger partial charge in [-0.3, -0.25) is 0 Å². The van der Waals surface area contributed by atoms with E-state index in [-0.39, 0.29) is 0 Å². The Hall–Kier alpha value is -1.32. The van der Waals surface area contributed by atoms with Crippen LogP contribution in [0.2, 0.25) is 0 Å². The molecule has 1 aromatic carbocycles. The lowest BCUT2D eigenvalue weighted by Crippen LogP contribution is -2.31. The highest BCUT2D eigenvalue weighted by atomic mass is 14.9. The summed E-state index contributed by atoms with van der Waals surface area (Å²) in [7, 11) is 0. The third-order valence-corrected chi connectivity index (χ3v) is 3.98. The highest BCUT2D eigenvalue weighted by Crippen LogP contribution is 2.21. The molecule has 1 atom stereocenters. The molecule has 1 unspecified atom stereocenters. The lowest BCUT2D eigenvalue weighted by molar-refractivity contribution is 0.371. The molecule has 2 aromatic rings. The van der Waals surface area contributed by atoms with E-state index in [1.165, 1.54) is 22.2 Å². The van der Waals surface area contributed by atoms with Crippen LogP contribution in [0.15, 0.2) is 24.3 Å². The summed E-state index contributed by atoms with van der Waals surface area (Å²) in [6.45, 7) is 9.23. The van der Waals surface area contributed by atoms with E-state index in [0.29, 0.717) is 11.8 Å². The van der Waals surface area contributed by atoms with E-state index in [2.05, 4.69) is 55.3 Å². The first kappa shape index (κ1) is 14.1. The Kier molecular flexibility index (Phi) is 4.61. The van der Waals surface area contributed by atoms with Crippen LogP contribution in [0.1, 0.15) is 25.1 Å². The summed E-state index contributed by atoms with van der Waals surface area (Å²) in [5.74, 6) is 1.17. The van der Waals surface area contributed by atoms with Gasteiger partial charge in [0.25, 0.3) is 0 Å². The standard InChI is InChI=1S/C16H25N3/c1-11(2)13(8-17)9-18-10-15-12(3)19-16-7-5-4-6-14(15)16/h4-7,11,13,18-19H,8-10,17H2,1-3H3. The zero-order valence-corrected chi connectivity index (χ0v) is 12.2. The minimum Gasteiger partial charge on any atom is -0.358 e. The number of fused-ring (bicyclic) bond motifs is 1. The smallest absolute Gasteiger partial charge is 0.0459 e. The average Bonchev–Trinajstić information content (AvgIpc) is 2.70. The fourth-order valence-electron chi connectivity index (χ4n) is 2.54. The number of hydrogen-bond donors (Lipinski definition) is 3. The Balaban J connectivity index is 2.04. The molecule has 3 heteroatoms. The van der Waals surface area contributed by atoms with Crippen LogP contribution in [0.25, 0.3) is 10.9 Å². The molecule has 104 valence electrons. The van der Waals surface area contributed by atoms with E-state index in [9.17, 15) is 0 Å². The van der Waals surface area contributed by atoms with Crippen LogP contribution in [0.3, 0.4) is 0 Å². The molecule has 4 N–H and O–H groups in total. The molecule has 0 saturated carbocycles. The van der Waals surface area contributed by atoms with E-state index < -0.39 is 0 Å². The number of aryl methyl sites for hydroxylation is 1. The molecule has 1 aromatic heterocycles. The van der Waals surface area contributed by atoms with Gasteiger partial charge in [0.15, 0.2) is 0 Å². The van der Waals surface area contributed by atoms with Crippen molar-refractivity contribution in [2.45, 2.75) is 27.3 Å². The number of para-hydroxylation sites is 1. The van der Waals surface area contributed by atoms with E-state index >= 15 is 0 Å². The highest BCUT2D eigenvalue weighted by Gasteiger charge is 2.12. The summed E-state index contributed by atoms with van der Waals surface area (Å²) in [6, 6.07) is 8.47. The van der Waals surface area contributed by atoms with Crippen LogP contribution < -0.4 is 11.1 Å². The summed E-state index contributed by atoms with van der Waals surface area (Å²) in [6.07, 6.45) is 0. The summed E-state index contributed by atoms with van der Waals surface area (Å²) < 4.78 is 0. The zero-order valence-electron chi connectivity index (χ0n) is 12.2. The van der Waals surface area contributed by atoms with Gasteiger partial charge in [0.1, 0.15) is 0 Å². The second-order valence-corrected chi connectivity index (χ2v) is 5.64. The first-order valence-corrected chi connectivity index (χ1v) is 7.10. The second kappa shape index (κ2) is 6.22. The monoisotopic (exact) mass is 259 g/mol. The van der Waals surface area contributed by atoms with E-state index in [1.807, 2.05) is 0 Å². The summed E-state index contributed by atoms with van der Waals surface area (Å²) in [5.41, 5.74) is 9.65. The second-order valence-electron chi connectivity index (χ2n) is 5.64. The lowest BCUT2D eigenvalue weighted by Gasteiger charge is -2.19. The summed E-state index contributed by atoms with van der Waals surface area (Å²) in [4.78, 5) is 3.44. The van der Waals surface area contributed by atoms with Gasteiger partial charge < -0.3 is 16.0 Å². The number of benzene rings is 1. The number of H-pyrrole nitrogens is 1. The Morgan fingerprint density at radius 2 is 2.00 bits per heavy atom. The third kappa shape index (κ3) is 3.17. The lowest BCUT2D eigenvalue weighted by atomic mass is 9.96. The van der Waals surface area contributed by atoms with Gasteiger partial charge >= 0.3 is 0 Å². The van der Waals surface area contributed by atoms with Gasteiger partial charge in [0.05, 0.1) is 0 Å². The Morgan fingerprint density at radius 3 is 2.68 bits per heavy atom. The molecule has 3 nitrogen and oxygen atoms in total. The Morgan fingerprint density at radius 1 is 1.26 bits per heavy atom. The van der Waals surface area contributed by atoms with Gasteiger partial charge in [-0.2, -0.15) is 0 Å². The topological polar surface area (TPSA) is 53.8 Å². The Labute approximate surface area is 115 Å². The number of aromatic amines is 1. The zero-order chi connectivity index (χ0) is 13.8. The van der Waals surface area contributed by atoms with E-state index in [0.717, 1.165) is 19.6 Å². The average molecular weight is 259 g/mol. The summed E-state index contributed by atoms with van der Waals surface area (Å²) in [5, 5.41) is 4.87. The number of nitrogens with two attached hydrogens (primary N) is 1. The van der Waals surface area contributed by atoms with Crippen molar-refractivity contribution in [2.24, 2.45) is 17.6 Å². The maximum absolute atomic E-state index is 5.81. The maximum atomic E-state index is 5.81. The molecule has 0 aliphatic carbocycles. The molecular weight excluding hydrogens is 234 g/mol. The molecule has 0 aliphatic heterocycles. The normalized spacial score (nSPS) is 13.3. The van der Waals surface area contributed by atoms with Crippen molar-refractivity contribution in [1.29, 1.82) is 0 Å². The molecule has 0 spiro atoms. The van der Waals surface area contributed by atoms with Crippen LogP contribution in [0.4, 0.5) is 0 Å². The highest BCUT2D eigenvalue weighted by molar-refractivity contribution is 5.84. The fraction of sp³-hybridized carbons (Fsp3) is 0.500. The molecule has 1 heterocycles. The summed E-state index contributed by atoms with van der Waals surface area (Å²) >= 11 is 0. The van der Waals surface area contributed by atoms with Crippen molar-refractivity contribution in [3.05, 3.63) is 35.5 Å². The molecule has 0 fully saturated rings. The Bertz CT molecular complexity index is 528. The molecule has 0 radical (unpaired) electrons. The number of aromatic nitrogens is 1. The van der Waals surface area contributed by atoms with Gasteiger partial charge in [-0.05, 0) is 43.5 Å². The predicted octanol–water partition coefficient (Wildman–Crippen LogP) is 2.80. The number of hydrogen-bond acceptors (Lipinski definition) is 2. The molecule has 19 heavy (non-hydrogen) atoms. The molecule has 0 saturated heterocycles.